The molecular weight excluding hydrogens is 150 g/mol. The lowest BCUT2D eigenvalue weighted by molar-refractivity contribution is 0.137. The zero-order chi connectivity index (χ0) is 9.28. The summed E-state index contributed by atoms with van der Waals surface area (Å²) in [4.78, 5) is 12.2. The van der Waals surface area contributed by atoms with Crippen molar-refractivity contribution in [3.05, 3.63) is 12.7 Å². The molecule has 0 aliphatic carbocycles. The highest BCUT2D eigenvalue weighted by Crippen LogP contribution is 1.64. The smallest absolute Gasteiger partial charge is 0.450 e. The normalized spacial score (nSPS) is 6.91. The molecule has 0 saturated carbocycles. The third-order valence-corrected chi connectivity index (χ3v) is 0.403. The summed E-state index contributed by atoms with van der Waals surface area (Å²) in [5.41, 5.74) is 9.92. The van der Waals surface area contributed by atoms with E-state index in [2.05, 4.69) is 11.6 Å². The summed E-state index contributed by atoms with van der Waals surface area (Å²) in [5.74, 6) is 0.111. The van der Waals surface area contributed by atoms with Crippen LogP contribution in [0.1, 0.15) is 0 Å². The summed E-state index contributed by atoms with van der Waals surface area (Å²) >= 11 is 0. The fraction of sp³-hybridized carbons (Fsp3) is 0.200. The Labute approximate surface area is 63.8 Å². The van der Waals surface area contributed by atoms with Crippen LogP contribution in [0.4, 0.5) is 4.79 Å². The second-order valence-corrected chi connectivity index (χ2v) is 1.34. The Kier molecular flexibility index (Phi) is 9.04. The Morgan fingerprint density at radius 1 is 1.55 bits per heavy atom. The van der Waals surface area contributed by atoms with Crippen molar-refractivity contribution < 1.29 is 15.0 Å². The maximum Gasteiger partial charge on any atom is 0.503 e. The first-order chi connectivity index (χ1) is 5.00. The van der Waals surface area contributed by atoms with Gasteiger partial charge in [-0.1, -0.05) is 6.08 Å². The van der Waals surface area contributed by atoms with E-state index in [0.717, 1.165) is 0 Å². The van der Waals surface area contributed by atoms with Crippen LogP contribution in [0.15, 0.2) is 17.6 Å². The molecule has 6 heteroatoms. The fourth-order valence-corrected chi connectivity index (χ4v) is 0.170. The van der Waals surface area contributed by atoms with Crippen LogP contribution in [0.25, 0.3) is 0 Å². The summed E-state index contributed by atoms with van der Waals surface area (Å²) in [6.45, 7) is 3.92. The molecule has 11 heavy (non-hydrogen) atoms. The first-order valence-electron chi connectivity index (χ1n) is 2.59. The van der Waals surface area contributed by atoms with Gasteiger partial charge in [0.2, 0.25) is 0 Å². The Hall–Kier alpha value is -1.72. The summed E-state index contributed by atoms with van der Waals surface area (Å²) in [6, 6.07) is 0. The van der Waals surface area contributed by atoms with Crippen LogP contribution in [0.3, 0.4) is 0 Å². The maximum atomic E-state index is 8.56. The molecule has 0 aromatic carbocycles. The third kappa shape index (κ3) is 62.8. The number of hydrogen-bond acceptors (Lipinski definition) is 2. The molecule has 64 valence electrons. The van der Waals surface area contributed by atoms with E-state index in [1.54, 1.807) is 6.08 Å². The summed E-state index contributed by atoms with van der Waals surface area (Å²) in [5, 5.41) is 13.9. The summed E-state index contributed by atoms with van der Waals surface area (Å²) in [7, 11) is 0. The van der Waals surface area contributed by atoms with E-state index >= 15 is 0 Å². The second kappa shape index (κ2) is 8.28. The molecule has 0 unspecified atom stereocenters. The van der Waals surface area contributed by atoms with Crippen molar-refractivity contribution in [2.45, 2.75) is 0 Å². The Bertz CT molecular complexity index is 147. The lowest BCUT2D eigenvalue weighted by atomic mass is 10.6. The van der Waals surface area contributed by atoms with Crippen molar-refractivity contribution >= 4 is 12.1 Å². The fourth-order valence-electron chi connectivity index (χ4n) is 0.170. The van der Waals surface area contributed by atoms with Crippen LogP contribution < -0.4 is 11.5 Å². The number of carbonyl (C=O) groups is 1. The van der Waals surface area contributed by atoms with E-state index < -0.39 is 6.16 Å². The Morgan fingerprint density at radius 3 is 2.00 bits per heavy atom. The predicted octanol–water partition coefficient (Wildman–Crippen LogP) is -0.332. The number of guanidine groups is 1. The van der Waals surface area contributed by atoms with Crippen molar-refractivity contribution in [2.75, 3.05) is 6.54 Å². The van der Waals surface area contributed by atoms with Crippen molar-refractivity contribution in [2.24, 2.45) is 16.5 Å². The zero-order valence-corrected chi connectivity index (χ0v) is 5.90. The van der Waals surface area contributed by atoms with Crippen LogP contribution in [0, 0.1) is 0 Å². The van der Waals surface area contributed by atoms with Gasteiger partial charge in [0.05, 0.1) is 6.54 Å². The van der Waals surface area contributed by atoms with E-state index in [0.29, 0.717) is 6.54 Å². The molecule has 0 atom stereocenters. The van der Waals surface area contributed by atoms with Gasteiger partial charge in [-0.25, -0.2) is 9.79 Å². The monoisotopic (exact) mass is 161 g/mol. The Balaban J connectivity index is 0. The SMILES string of the molecule is C=CCN=C(N)N.O=C(O)O. The number of hydrogen-bond donors (Lipinski definition) is 4. The lowest BCUT2D eigenvalue weighted by Crippen LogP contribution is -2.22. The molecule has 0 spiro atoms. The average molecular weight is 161 g/mol. The molecule has 0 fully saturated rings. The first-order valence-corrected chi connectivity index (χ1v) is 2.59. The molecule has 0 aliphatic heterocycles. The van der Waals surface area contributed by atoms with E-state index in [1.807, 2.05) is 0 Å². The van der Waals surface area contributed by atoms with Gasteiger partial charge in [-0.2, -0.15) is 0 Å². The molecule has 0 rings (SSSR count). The molecule has 0 aromatic rings. The molecule has 0 bridgehead atoms. The van der Waals surface area contributed by atoms with E-state index in [9.17, 15) is 0 Å². The molecule has 6 N–H and O–H groups in total. The summed E-state index contributed by atoms with van der Waals surface area (Å²) < 4.78 is 0. The molecule has 0 saturated heterocycles. The molecule has 6 nitrogen and oxygen atoms in total. The van der Waals surface area contributed by atoms with Crippen LogP contribution >= 0.6 is 0 Å². The Morgan fingerprint density at radius 2 is 1.91 bits per heavy atom. The number of rotatable bonds is 2. The molecule has 0 amide bonds. The highest BCUT2D eigenvalue weighted by atomic mass is 16.6. The van der Waals surface area contributed by atoms with Gasteiger partial charge in [-0.05, 0) is 0 Å². The number of aliphatic imine (C=N–C) groups is 1. The van der Waals surface area contributed by atoms with Crippen LogP contribution in [-0.2, 0) is 0 Å². The van der Waals surface area contributed by atoms with E-state index in [-0.39, 0.29) is 5.96 Å². The molecule has 0 aromatic heterocycles. The minimum absolute atomic E-state index is 0.111. The highest BCUT2D eigenvalue weighted by Gasteiger charge is 1.70. The van der Waals surface area contributed by atoms with Crippen LogP contribution in [-0.4, -0.2) is 28.9 Å². The van der Waals surface area contributed by atoms with Crippen molar-refractivity contribution in [1.29, 1.82) is 0 Å². The number of carboxylic acid groups (broad SMARTS) is 2. The van der Waals surface area contributed by atoms with E-state index in [1.165, 1.54) is 0 Å². The first kappa shape index (κ1) is 12.0. The van der Waals surface area contributed by atoms with Gasteiger partial charge < -0.3 is 21.7 Å². The average Bonchev–Trinajstić information content (AvgIpc) is 1.82. The van der Waals surface area contributed by atoms with Gasteiger partial charge in [-0.15, -0.1) is 6.58 Å². The van der Waals surface area contributed by atoms with Crippen molar-refractivity contribution in [3.63, 3.8) is 0 Å². The predicted molar refractivity (Wildman–Crippen MR) is 41.5 cm³/mol. The van der Waals surface area contributed by atoms with Gasteiger partial charge in [0.25, 0.3) is 0 Å². The number of nitrogens with zero attached hydrogens (tertiary/aromatic N) is 1. The summed E-state index contributed by atoms with van der Waals surface area (Å²) in [6.07, 6.45) is -0.209. The molecule has 0 radical (unpaired) electrons. The zero-order valence-electron chi connectivity index (χ0n) is 5.90. The maximum absolute atomic E-state index is 8.56. The van der Waals surface area contributed by atoms with Gasteiger partial charge in [0, 0.05) is 0 Å². The second-order valence-electron chi connectivity index (χ2n) is 1.34. The minimum Gasteiger partial charge on any atom is -0.450 e. The van der Waals surface area contributed by atoms with Crippen molar-refractivity contribution in [1.82, 2.24) is 0 Å². The number of nitrogens with two attached hydrogens (primary N) is 2. The van der Waals surface area contributed by atoms with Crippen molar-refractivity contribution in [3.8, 4) is 0 Å². The topological polar surface area (TPSA) is 122 Å². The van der Waals surface area contributed by atoms with E-state index in [4.69, 9.17) is 26.5 Å². The molecule has 0 aliphatic rings. The van der Waals surface area contributed by atoms with Gasteiger partial charge in [0.15, 0.2) is 5.96 Å². The van der Waals surface area contributed by atoms with Gasteiger partial charge >= 0.3 is 6.16 Å². The van der Waals surface area contributed by atoms with Crippen LogP contribution in [0.5, 0.6) is 0 Å². The highest BCUT2D eigenvalue weighted by molar-refractivity contribution is 5.75. The quantitative estimate of drug-likeness (QED) is 0.251. The van der Waals surface area contributed by atoms with Gasteiger partial charge in [0.1, 0.15) is 0 Å². The van der Waals surface area contributed by atoms with Crippen LogP contribution in [0.2, 0.25) is 0 Å². The minimum atomic E-state index is -1.83. The standard InChI is InChI=1S/C4H9N3.CH2O3/c1-2-3-7-4(5)6;2-1(3)4/h2H,1,3H2,(H4,5,6,7);(H2,2,3,4). The largest absolute Gasteiger partial charge is 0.503 e. The van der Waals surface area contributed by atoms with Gasteiger partial charge in [-0.3, -0.25) is 0 Å². The lowest BCUT2D eigenvalue weighted by Gasteiger charge is -1.83. The molecule has 0 heterocycles. The molecular formula is C5H11N3O3. The third-order valence-electron chi connectivity index (χ3n) is 0.403.